The maximum Gasteiger partial charge on any atom is 0.318 e. The Morgan fingerprint density at radius 2 is 1.80 bits per heavy atom. The Labute approximate surface area is 148 Å². The Kier molecular flexibility index (Phi) is 5.74. The molecule has 2 fully saturated rings. The van der Waals surface area contributed by atoms with Gasteiger partial charge in [-0.1, -0.05) is 42.5 Å². The van der Waals surface area contributed by atoms with Gasteiger partial charge in [0.1, 0.15) is 0 Å². The Balaban J connectivity index is 1.53. The van der Waals surface area contributed by atoms with Crippen LogP contribution in [0, 0.1) is 5.92 Å². The fraction of sp³-hybridized carbons (Fsp3) is 0.500. The van der Waals surface area contributed by atoms with Gasteiger partial charge in [0.2, 0.25) is 0 Å². The molecule has 1 saturated carbocycles. The second kappa shape index (κ2) is 8.19. The van der Waals surface area contributed by atoms with E-state index in [1.807, 2.05) is 23.1 Å². The van der Waals surface area contributed by atoms with E-state index in [4.69, 9.17) is 5.11 Å². The molecule has 5 heteroatoms. The molecule has 0 radical (unpaired) electrons. The van der Waals surface area contributed by atoms with Crippen LogP contribution < -0.4 is 5.32 Å². The van der Waals surface area contributed by atoms with E-state index in [0.29, 0.717) is 12.8 Å². The number of benzene rings is 1. The van der Waals surface area contributed by atoms with Crippen LogP contribution >= 0.6 is 0 Å². The average Bonchev–Trinajstić information content (AvgIpc) is 3.10. The van der Waals surface area contributed by atoms with E-state index < -0.39 is 5.97 Å². The zero-order valence-corrected chi connectivity index (χ0v) is 14.4. The second-order valence-electron chi connectivity index (χ2n) is 7.01. The van der Waals surface area contributed by atoms with E-state index in [0.717, 1.165) is 37.8 Å². The molecule has 1 aromatic rings. The van der Waals surface area contributed by atoms with Crippen molar-refractivity contribution in [2.24, 2.45) is 5.92 Å². The van der Waals surface area contributed by atoms with Gasteiger partial charge in [-0.3, -0.25) is 4.79 Å². The van der Waals surface area contributed by atoms with Gasteiger partial charge in [0.15, 0.2) is 0 Å². The fourth-order valence-electron chi connectivity index (χ4n) is 3.77. The maximum absolute atomic E-state index is 12.6. The lowest BCUT2D eigenvalue weighted by molar-refractivity contribution is -0.142. The molecule has 1 aliphatic heterocycles. The number of nitrogens with one attached hydrogen (secondary N) is 1. The number of amides is 2. The minimum absolute atomic E-state index is 0.0148. The molecule has 3 rings (SSSR count). The number of carbonyl (C=O) groups is 2. The van der Waals surface area contributed by atoms with Gasteiger partial charge >= 0.3 is 12.0 Å². The molecular weight excluding hydrogens is 316 g/mol. The van der Waals surface area contributed by atoms with Crippen LogP contribution in [0.4, 0.5) is 4.79 Å². The molecule has 1 atom stereocenters. The number of urea groups is 1. The minimum Gasteiger partial charge on any atom is -0.481 e. The van der Waals surface area contributed by atoms with Gasteiger partial charge in [0.25, 0.3) is 0 Å². The van der Waals surface area contributed by atoms with Crippen LogP contribution in [-0.2, 0) is 4.79 Å². The number of likely N-dealkylation sites (tertiary alicyclic amines) is 1. The second-order valence-corrected chi connectivity index (χ2v) is 7.01. The van der Waals surface area contributed by atoms with Gasteiger partial charge in [0, 0.05) is 12.6 Å². The number of hydrogen-bond acceptors (Lipinski definition) is 2. The highest BCUT2D eigenvalue weighted by molar-refractivity contribution is 5.76. The van der Waals surface area contributed by atoms with Crippen LogP contribution in [0.5, 0.6) is 0 Å². The molecule has 2 amide bonds. The smallest absolute Gasteiger partial charge is 0.318 e. The van der Waals surface area contributed by atoms with Gasteiger partial charge in [-0.15, -0.1) is 0 Å². The van der Waals surface area contributed by atoms with E-state index >= 15 is 0 Å². The zero-order chi connectivity index (χ0) is 17.6. The fourth-order valence-corrected chi connectivity index (χ4v) is 3.77. The lowest BCUT2D eigenvalue weighted by Crippen LogP contribution is -2.47. The molecule has 0 aromatic heterocycles. The number of carboxylic acids is 1. The summed E-state index contributed by atoms with van der Waals surface area (Å²) in [5, 5.41) is 12.2. The van der Waals surface area contributed by atoms with Crippen LogP contribution in [0.15, 0.2) is 36.4 Å². The Morgan fingerprint density at radius 3 is 2.48 bits per heavy atom. The van der Waals surface area contributed by atoms with Gasteiger partial charge < -0.3 is 15.3 Å². The van der Waals surface area contributed by atoms with Crippen molar-refractivity contribution in [1.29, 1.82) is 0 Å². The van der Waals surface area contributed by atoms with Crippen molar-refractivity contribution in [3.8, 4) is 0 Å². The number of hydrogen-bond donors (Lipinski definition) is 2. The summed E-state index contributed by atoms with van der Waals surface area (Å²) < 4.78 is 0. The molecule has 134 valence electrons. The Morgan fingerprint density at radius 1 is 1.08 bits per heavy atom. The summed E-state index contributed by atoms with van der Waals surface area (Å²) in [4.78, 5) is 25.5. The lowest BCUT2D eigenvalue weighted by atomic mass is 9.86. The van der Waals surface area contributed by atoms with E-state index in [1.54, 1.807) is 0 Å². The number of nitrogens with zero attached hydrogens (tertiary/aromatic N) is 1. The predicted molar refractivity (Wildman–Crippen MR) is 97.1 cm³/mol. The first-order chi connectivity index (χ1) is 12.1. The monoisotopic (exact) mass is 342 g/mol. The third kappa shape index (κ3) is 4.62. The summed E-state index contributed by atoms with van der Waals surface area (Å²) in [5.41, 5.74) is 1.14. The Hall–Kier alpha value is -2.30. The number of carboxylic acid groups (broad SMARTS) is 1. The maximum atomic E-state index is 12.6. The van der Waals surface area contributed by atoms with E-state index in [9.17, 15) is 9.59 Å². The first-order valence-corrected chi connectivity index (χ1v) is 9.16. The first kappa shape index (κ1) is 17.5. The van der Waals surface area contributed by atoms with Crippen LogP contribution in [0.25, 0.3) is 6.08 Å². The molecule has 1 aromatic carbocycles. The first-order valence-electron chi connectivity index (χ1n) is 9.16. The SMILES string of the molecule is O=C(O)C1CCC(NC(=O)N2CCCC2/C=C/c2ccccc2)CC1. The molecule has 0 bridgehead atoms. The van der Waals surface area contributed by atoms with E-state index in [-0.39, 0.29) is 24.0 Å². The van der Waals surface area contributed by atoms with Gasteiger partial charge in [-0.25, -0.2) is 4.79 Å². The third-order valence-electron chi connectivity index (χ3n) is 5.27. The van der Waals surface area contributed by atoms with Crippen molar-refractivity contribution in [1.82, 2.24) is 10.2 Å². The summed E-state index contributed by atoms with van der Waals surface area (Å²) in [5.74, 6) is -0.961. The van der Waals surface area contributed by atoms with Crippen molar-refractivity contribution >= 4 is 18.1 Å². The topological polar surface area (TPSA) is 69.6 Å². The highest BCUT2D eigenvalue weighted by Crippen LogP contribution is 2.25. The van der Waals surface area contributed by atoms with Gasteiger partial charge in [0.05, 0.1) is 12.0 Å². The van der Waals surface area contributed by atoms with Crippen LogP contribution in [0.2, 0.25) is 0 Å². The third-order valence-corrected chi connectivity index (χ3v) is 5.27. The molecule has 1 aliphatic carbocycles. The molecule has 25 heavy (non-hydrogen) atoms. The van der Waals surface area contributed by atoms with Gasteiger partial charge in [-0.05, 0) is 44.1 Å². The summed E-state index contributed by atoms with van der Waals surface area (Å²) in [7, 11) is 0. The van der Waals surface area contributed by atoms with Crippen LogP contribution in [0.1, 0.15) is 44.1 Å². The molecular formula is C20H26N2O3. The molecule has 1 heterocycles. The highest BCUT2D eigenvalue weighted by Gasteiger charge is 2.31. The van der Waals surface area contributed by atoms with Crippen molar-refractivity contribution in [3.05, 3.63) is 42.0 Å². The summed E-state index contributed by atoms with van der Waals surface area (Å²) in [6, 6.07) is 10.3. The molecule has 2 aliphatic rings. The van der Waals surface area contributed by atoms with Crippen molar-refractivity contribution < 1.29 is 14.7 Å². The summed E-state index contributed by atoms with van der Waals surface area (Å²) in [6.07, 6.45) is 9.00. The standard InChI is InChI=1S/C20H26N2O3/c23-19(24)16-9-11-17(12-10-16)21-20(25)22-14-4-7-18(22)13-8-15-5-2-1-3-6-15/h1-3,5-6,8,13,16-18H,4,7,9-12,14H2,(H,21,25)(H,23,24)/b13-8+. The predicted octanol–water partition coefficient (Wildman–Crippen LogP) is 3.52. The van der Waals surface area contributed by atoms with Crippen molar-refractivity contribution in [2.75, 3.05) is 6.54 Å². The summed E-state index contributed by atoms with van der Waals surface area (Å²) >= 11 is 0. The Bertz CT molecular complexity index is 621. The molecule has 1 saturated heterocycles. The van der Waals surface area contributed by atoms with E-state index in [2.05, 4.69) is 29.6 Å². The molecule has 2 N–H and O–H groups in total. The largest absolute Gasteiger partial charge is 0.481 e. The number of rotatable bonds is 4. The van der Waals surface area contributed by atoms with Crippen LogP contribution in [-0.4, -0.2) is 40.6 Å². The van der Waals surface area contributed by atoms with E-state index in [1.165, 1.54) is 0 Å². The normalized spacial score (nSPS) is 26.7. The van der Waals surface area contributed by atoms with Crippen LogP contribution in [0.3, 0.4) is 0 Å². The lowest BCUT2D eigenvalue weighted by Gasteiger charge is -2.30. The molecule has 0 spiro atoms. The molecule has 1 unspecified atom stereocenters. The number of carbonyl (C=O) groups excluding carboxylic acids is 1. The molecule has 5 nitrogen and oxygen atoms in total. The van der Waals surface area contributed by atoms with Crippen molar-refractivity contribution in [2.45, 2.75) is 50.6 Å². The quantitative estimate of drug-likeness (QED) is 0.879. The number of aliphatic carboxylic acids is 1. The highest BCUT2D eigenvalue weighted by atomic mass is 16.4. The zero-order valence-electron chi connectivity index (χ0n) is 14.4. The average molecular weight is 342 g/mol. The minimum atomic E-state index is -0.713. The van der Waals surface area contributed by atoms with Gasteiger partial charge in [-0.2, -0.15) is 0 Å². The van der Waals surface area contributed by atoms with Crippen molar-refractivity contribution in [3.63, 3.8) is 0 Å². The summed E-state index contributed by atoms with van der Waals surface area (Å²) in [6.45, 7) is 0.778.